The van der Waals surface area contributed by atoms with Crippen molar-refractivity contribution in [3.8, 4) is 10.6 Å². The Morgan fingerprint density at radius 1 is 1.44 bits per heavy atom. The van der Waals surface area contributed by atoms with E-state index in [0.717, 1.165) is 22.1 Å². The zero-order valence-corrected chi connectivity index (χ0v) is 12.5. The van der Waals surface area contributed by atoms with Crippen LogP contribution in [0.15, 0.2) is 22.7 Å². The van der Waals surface area contributed by atoms with Crippen LogP contribution in [0.1, 0.15) is 24.9 Å². The van der Waals surface area contributed by atoms with Gasteiger partial charge in [-0.15, -0.1) is 10.2 Å². The predicted molar refractivity (Wildman–Crippen MR) is 75.1 cm³/mol. The van der Waals surface area contributed by atoms with E-state index in [-0.39, 0.29) is 11.9 Å². The minimum atomic E-state index is -0.288. The number of rotatable bonds is 4. The fourth-order valence-electron chi connectivity index (χ4n) is 1.55. The first-order valence-electron chi connectivity index (χ1n) is 5.64. The normalized spacial score (nSPS) is 12.7. The molecule has 0 bridgehead atoms. The van der Waals surface area contributed by atoms with Crippen LogP contribution in [0.4, 0.5) is 4.39 Å². The van der Waals surface area contributed by atoms with E-state index in [1.807, 2.05) is 19.9 Å². The van der Waals surface area contributed by atoms with E-state index < -0.39 is 0 Å². The number of hydrogen-bond acceptors (Lipinski definition) is 4. The summed E-state index contributed by atoms with van der Waals surface area (Å²) in [6.45, 7) is 4.96. The Bertz CT molecular complexity index is 544. The van der Waals surface area contributed by atoms with Gasteiger partial charge in [0.2, 0.25) is 0 Å². The number of aromatic nitrogens is 2. The summed E-state index contributed by atoms with van der Waals surface area (Å²) in [7, 11) is 0. The molecule has 1 N–H and O–H groups in total. The minimum absolute atomic E-state index is 0.168. The van der Waals surface area contributed by atoms with Gasteiger partial charge in [0.25, 0.3) is 0 Å². The lowest BCUT2D eigenvalue weighted by molar-refractivity contribution is 0.590. The summed E-state index contributed by atoms with van der Waals surface area (Å²) >= 11 is 4.62. The zero-order chi connectivity index (χ0) is 13.1. The van der Waals surface area contributed by atoms with Crippen LogP contribution in [0, 0.1) is 5.82 Å². The van der Waals surface area contributed by atoms with Crippen LogP contribution in [0.25, 0.3) is 10.6 Å². The summed E-state index contributed by atoms with van der Waals surface area (Å²) in [4.78, 5) is 0. The second-order valence-electron chi connectivity index (χ2n) is 3.85. The van der Waals surface area contributed by atoms with Crippen molar-refractivity contribution >= 4 is 27.3 Å². The van der Waals surface area contributed by atoms with Crippen LogP contribution >= 0.6 is 27.3 Å². The largest absolute Gasteiger partial charge is 0.308 e. The summed E-state index contributed by atoms with van der Waals surface area (Å²) in [5, 5.41) is 13.2. The topological polar surface area (TPSA) is 37.8 Å². The van der Waals surface area contributed by atoms with Crippen molar-refractivity contribution in [3.63, 3.8) is 0 Å². The summed E-state index contributed by atoms with van der Waals surface area (Å²) in [5.74, 6) is -0.288. The highest BCUT2D eigenvalue weighted by Crippen LogP contribution is 2.28. The van der Waals surface area contributed by atoms with Crippen LogP contribution in [0.3, 0.4) is 0 Å². The molecule has 0 amide bonds. The van der Waals surface area contributed by atoms with E-state index in [0.29, 0.717) is 4.47 Å². The Morgan fingerprint density at radius 2 is 2.22 bits per heavy atom. The fourth-order valence-corrected chi connectivity index (χ4v) is 2.66. The lowest BCUT2D eigenvalue weighted by Crippen LogP contribution is -2.17. The molecule has 0 aliphatic rings. The van der Waals surface area contributed by atoms with Crippen LogP contribution in [0.2, 0.25) is 0 Å². The van der Waals surface area contributed by atoms with Crippen molar-refractivity contribution in [3.05, 3.63) is 33.5 Å². The highest BCUT2D eigenvalue weighted by atomic mass is 79.9. The maximum atomic E-state index is 13.4. The Kier molecular flexibility index (Phi) is 4.42. The molecular weight excluding hydrogens is 317 g/mol. The van der Waals surface area contributed by atoms with Crippen LogP contribution in [-0.4, -0.2) is 16.7 Å². The SMILES string of the molecule is CCNC(C)c1nnc(-c2ccc(Br)c(F)c2)s1. The lowest BCUT2D eigenvalue weighted by Gasteiger charge is -2.06. The summed E-state index contributed by atoms with van der Waals surface area (Å²) in [6.07, 6.45) is 0. The van der Waals surface area contributed by atoms with Gasteiger partial charge in [0.05, 0.1) is 10.5 Å². The zero-order valence-electron chi connectivity index (χ0n) is 10.1. The third-order valence-corrected chi connectivity index (χ3v) is 4.29. The first-order chi connectivity index (χ1) is 8.61. The molecule has 1 atom stereocenters. The third-order valence-electron chi connectivity index (χ3n) is 2.49. The summed E-state index contributed by atoms with van der Waals surface area (Å²) in [6, 6.07) is 5.14. The van der Waals surface area contributed by atoms with E-state index >= 15 is 0 Å². The molecule has 3 nitrogen and oxygen atoms in total. The molecule has 1 heterocycles. The standard InChI is InChI=1S/C12H13BrFN3S/c1-3-15-7(2)11-16-17-12(18-11)8-4-5-9(13)10(14)6-8/h4-7,15H,3H2,1-2H3. The monoisotopic (exact) mass is 329 g/mol. The molecular formula is C12H13BrFN3S. The van der Waals surface area contributed by atoms with E-state index in [4.69, 9.17) is 0 Å². The van der Waals surface area contributed by atoms with Crippen molar-refractivity contribution < 1.29 is 4.39 Å². The number of halogens is 2. The van der Waals surface area contributed by atoms with Crippen molar-refractivity contribution in [2.75, 3.05) is 6.54 Å². The molecule has 0 fully saturated rings. The predicted octanol–water partition coefficient (Wildman–Crippen LogP) is 3.78. The van der Waals surface area contributed by atoms with Gasteiger partial charge in [-0.2, -0.15) is 0 Å². The minimum Gasteiger partial charge on any atom is -0.308 e. The molecule has 1 unspecified atom stereocenters. The fraction of sp³-hybridized carbons (Fsp3) is 0.333. The molecule has 6 heteroatoms. The second-order valence-corrected chi connectivity index (χ2v) is 5.72. The van der Waals surface area contributed by atoms with Gasteiger partial charge in [-0.3, -0.25) is 0 Å². The smallest absolute Gasteiger partial charge is 0.147 e. The highest BCUT2D eigenvalue weighted by Gasteiger charge is 2.13. The Morgan fingerprint density at radius 3 is 2.89 bits per heavy atom. The van der Waals surface area contributed by atoms with Crippen molar-refractivity contribution in [1.29, 1.82) is 0 Å². The molecule has 0 aliphatic carbocycles. The van der Waals surface area contributed by atoms with Gasteiger partial charge < -0.3 is 5.32 Å². The molecule has 2 aromatic rings. The van der Waals surface area contributed by atoms with Crippen molar-refractivity contribution in [1.82, 2.24) is 15.5 Å². The second kappa shape index (κ2) is 5.86. The first kappa shape index (κ1) is 13.6. The average molecular weight is 330 g/mol. The van der Waals surface area contributed by atoms with E-state index in [1.165, 1.54) is 17.4 Å². The number of benzene rings is 1. The lowest BCUT2D eigenvalue weighted by atomic mass is 10.2. The maximum absolute atomic E-state index is 13.4. The summed E-state index contributed by atoms with van der Waals surface area (Å²) in [5.41, 5.74) is 0.753. The number of nitrogens with zero attached hydrogens (tertiary/aromatic N) is 2. The molecule has 0 spiro atoms. The molecule has 0 radical (unpaired) electrons. The Balaban J connectivity index is 2.26. The van der Waals surface area contributed by atoms with E-state index in [9.17, 15) is 4.39 Å². The van der Waals surface area contributed by atoms with Gasteiger partial charge in [0, 0.05) is 5.56 Å². The Labute approximate surface area is 118 Å². The van der Waals surface area contributed by atoms with Gasteiger partial charge in [-0.1, -0.05) is 24.3 Å². The maximum Gasteiger partial charge on any atom is 0.147 e. The van der Waals surface area contributed by atoms with Gasteiger partial charge >= 0.3 is 0 Å². The van der Waals surface area contributed by atoms with Gasteiger partial charge in [-0.05, 0) is 41.5 Å². The first-order valence-corrected chi connectivity index (χ1v) is 7.25. The third kappa shape index (κ3) is 2.93. The molecule has 18 heavy (non-hydrogen) atoms. The summed E-state index contributed by atoms with van der Waals surface area (Å²) < 4.78 is 13.9. The van der Waals surface area contributed by atoms with Crippen molar-refractivity contribution in [2.24, 2.45) is 0 Å². The van der Waals surface area contributed by atoms with Gasteiger partial charge in [-0.25, -0.2) is 4.39 Å². The molecule has 1 aromatic carbocycles. The molecule has 0 aliphatic heterocycles. The quantitative estimate of drug-likeness (QED) is 0.927. The van der Waals surface area contributed by atoms with Gasteiger partial charge in [0.15, 0.2) is 0 Å². The van der Waals surface area contributed by atoms with E-state index in [1.54, 1.807) is 6.07 Å². The number of nitrogens with one attached hydrogen (secondary N) is 1. The van der Waals surface area contributed by atoms with Crippen LogP contribution in [0.5, 0.6) is 0 Å². The Hall–Kier alpha value is -0.850. The van der Waals surface area contributed by atoms with Gasteiger partial charge in [0.1, 0.15) is 15.8 Å². The molecule has 0 saturated heterocycles. The van der Waals surface area contributed by atoms with Crippen molar-refractivity contribution in [2.45, 2.75) is 19.9 Å². The van der Waals surface area contributed by atoms with Crippen LogP contribution < -0.4 is 5.32 Å². The van der Waals surface area contributed by atoms with Crippen LogP contribution in [-0.2, 0) is 0 Å². The molecule has 1 aromatic heterocycles. The molecule has 0 saturated carbocycles. The molecule has 2 rings (SSSR count). The molecule has 96 valence electrons. The van der Waals surface area contributed by atoms with E-state index in [2.05, 4.69) is 31.4 Å². The number of hydrogen-bond donors (Lipinski definition) is 1. The highest BCUT2D eigenvalue weighted by molar-refractivity contribution is 9.10. The average Bonchev–Trinajstić information content (AvgIpc) is 2.82.